The zero-order valence-corrected chi connectivity index (χ0v) is 11.0. The third-order valence-corrected chi connectivity index (χ3v) is 3.33. The van der Waals surface area contributed by atoms with Gasteiger partial charge in [0.25, 0.3) is 0 Å². The standard InChI is InChI=1S/C13H9BClFN3O/c15-12-11-10(16)6-19(13(11)18-7-17-12)5-8-1-3-9(14-20)4-2-8/h1-4,6-7,20H,5H2. The van der Waals surface area contributed by atoms with Crippen LogP contribution in [0.15, 0.2) is 36.8 Å². The Hall–Kier alpha value is -1.92. The Kier molecular flexibility index (Phi) is 3.42. The van der Waals surface area contributed by atoms with E-state index in [0.29, 0.717) is 17.7 Å². The molecule has 0 atom stereocenters. The highest BCUT2D eigenvalue weighted by atomic mass is 35.5. The molecule has 0 bridgehead atoms. The summed E-state index contributed by atoms with van der Waals surface area (Å²) >= 11 is 5.88. The number of hydrogen-bond acceptors (Lipinski definition) is 3. The highest BCUT2D eigenvalue weighted by Gasteiger charge is 2.13. The Morgan fingerprint density at radius 3 is 2.70 bits per heavy atom. The molecule has 7 heteroatoms. The van der Waals surface area contributed by atoms with Crippen LogP contribution in [0, 0.1) is 5.82 Å². The molecule has 1 N–H and O–H groups in total. The van der Waals surface area contributed by atoms with Gasteiger partial charge in [-0.15, -0.1) is 0 Å². The first-order chi connectivity index (χ1) is 9.69. The smallest absolute Gasteiger partial charge is 0.326 e. The largest absolute Gasteiger partial charge is 0.450 e. The average Bonchev–Trinajstić information content (AvgIpc) is 2.77. The van der Waals surface area contributed by atoms with E-state index < -0.39 is 5.82 Å². The summed E-state index contributed by atoms with van der Waals surface area (Å²) < 4.78 is 15.5. The van der Waals surface area contributed by atoms with Gasteiger partial charge >= 0.3 is 7.48 Å². The quantitative estimate of drug-likeness (QED) is 0.587. The maximum absolute atomic E-state index is 13.9. The fourth-order valence-corrected chi connectivity index (χ4v) is 2.29. The van der Waals surface area contributed by atoms with Crippen molar-refractivity contribution in [2.24, 2.45) is 0 Å². The number of aromatic nitrogens is 3. The molecule has 4 nitrogen and oxygen atoms in total. The summed E-state index contributed by atoms with van der Waals surface area (Å²) in [6.07, 6.45) is 2.67. The number of hydrogen-bond donors (Lipinski definition) is 1. The Morgan fingerprint density at radius 2 is 2.00 bits per heavy atom. The summed E-state index contributed by atoms with van der Waals surface area (Å²) in [4.78, 5) is 7.85. The highest BCUT2D eigenvalue weighted by Crippen LogP contribution is 2.24. The van der Waals surface area contributed by atoms with E-state index in [-0.39, 0.29) is 10.5 Å². The molecular weight excluding hydrogens is 279 g/mol. The number of nitrogens with zero attached hydrogens (tertiary/aromatic N) is 3. The Morgan fingerprint density at radius 1 is 1.25 bits per heavy atom. The van der Waals surface area contributed by atoms with E-state index in [4.69, 9.17) is 16.6 Å². The molecule has 0 unspecified atom stereocenters. The lowest BCUT2D eigenvalue weighted by molar-refractivity contribution is 0.615. The second-order valence-corrected chi connectivity index (χ2v) is 4.70. The average molecular weight is 288 g/mol. The van der Waals surface area contributed by atoms with Crippen molar-refractivity contribution in [3.05, 3.63) is 53.3 Å². The van der Waals surface area contributed by atoms with Gasteiger partial charge in [-0.3, -0.25) is 0 Å². The molecule has 0 saturated carbocycles. The maximum Gasteiger partial charge on any atom is 0.326 e. The fraction of sp³-hybridized carbons (Fsp3) is 0.0769. The molecular formula is C13H9BClFN3O. The molecule has 0 fully saturated rings. The van der Waals surface area contributed by atoms with E-state index in [9.17, 15) is 4.39 Å². The van der Waals surface area contributed by atoms with Gasteiger partial charge in [-0.2, -0.15) is 0 Å². The molecule has 0 aliphatic rings. The molecule has 0 saturated heterocycles. The Labute approximate surface area is 120 Å². The fourth-order valence-electron chi connectivity index (χ4n) is 2.07. The summed E-state index contributed by atoms with van der Waals surface area (Å²) in [6.45, 7) is 0.458. The SMILES string of the molecule is O[B]c1ccc(Cn2cc(F)c3c(Cl)ncnc32)cc1. The first-order valence-corrected chi connectivity index (χ1v) is 6.28. The minimum absolute atomic E-state index is 0.108. The molecule has 1 aromatic carbocycles. The van der Waals surface area contributed by atoms with Crippen LogP contribution in [0.4, 0.5) is 4.39 Å². The molecule has 20 heavy (non-hydrogen) atoms. The van der Waals surface area contributed by atoms with Crippen molar-refractivity contribution >= 4 is 35.6 Å². The first-order valence-electron chi connectivity index (χ1n) is 5.90. The van der Waals surface area contributed by atoms with Crippen LogP contribution in [0.2, 0.25) is 5.15 Å². The molecule has 3 aromatic rings. The van der Waals surface area contributed by atoms with Crippen molar-refractivity contribution in [2.45, 2.75) is 6.54 Å². The van der Waals surface area contributed by atoms with E-state index in [1.54, 1.807) is 16.7 Å². The van der Waals surface area contributed by atoms with Crippen LogP contribution in [0.5, 0.6) is 0 Å². The summed E-state index contributed by atoms with van der Waals surface area (Å²) in [5.74, 6) is -0.439. The van der Waals surface area contributed by atoms with Crippen molar-refractivity contribution in [1.82, 2.24) is 14.5 Å². The van der Waals surface area contributed by atoms with E-state index in [0.717, 1.165) is 13.0 Å². The van der Waals surface area contributed by atoms with Crippen molar-refractivity contribution in [3.8, 4) is 0 Å². The van der Waals surface area contributed by atoms with Crippen molar-refractivity contribution in [3.63, 3.8) is 0 Å². The predicted molar refractivity (Wildman–Crippen MR) is 75.6 cm³/mol. The minimum atomic E-state index is -0.439. The van der Waals surface area contributed by atoms with Gasteiger partial charge in [0.15, 0.2) is 5.82 Å². The lowest BCUT2D eigenvalue weighted by Crippen LogP contribution is -2.12. The van der Waals surface area contributed by atoms with Gasteiger partial charge in [-0.1, -0.05) is 41.3 Å². The third kappa shape index (κ3) is 2.28. The monoisotopic (exact) mass is 288 g/mol. The summed E-state index contributed by atoms with van der Waals surface area (Å²) in [7, 11) is 1.03. The topological polar surface area (TPSA) is 50.9 Å². The van der Waals surface area contributed by atoms with Gasteiger partial charge in [0.2, 0.25) is 0 Å². The van der Waals surface area contributed by atoms with E-state index in [1.807, 2.05) is 12.1 Å². The highest BCUT2D eigenvalue weighted by molar-refractivity contribution is 6.45. The van der Waals surface area contributed by atoms with Gasteiger partial charge in [-0.25, -0.2) is 14.4 Å². The van der Waals surface area contributed by atoms with Crippen LogP contribution >= 0.6 is 11.6 Å². The zero-order chi connectivity index (χ0) is 14.1. The Bertz CT molecular complexity index is 760. The van der Waals surface area contributed by atoms with Gasteiger partial charge in [0.1, 0.15) is 17.1 Å². The molecule has 99 valence electrons. The van der Waals surface area contributed by atoms with Gasteiger partial charge in [0.05, 0.1) is 5.39 Å². The maximum atomic E-state index is 13.9. The molecule has 0 aliphatic heterocycles. The van der Waals surface area contributed by atoms with Crippen LogP contribution in [0.3, 0.4) is 0 Å². The normalized spacial score (nSPS) is 10.9. The minimum Gasteiger partial charge on any atom is -0.450 e. The Balaban J connectivity index is 2.00. The number of rotatable bonds is 3. The van der Waals surface area contributed by atoms with Gasteiger partial charge < -0.3 is 9.59 Å². The van der Waals surface area contributed by atoms with Crippen LogP contribution < -0.4 is 5.46 Å². The van der Waals surface area contributed by atoms with Crippen LogP contribution in [0.1, 0.15) is 5.56 Å². The van der Waals surface area contributed by atoms with Crippen molar-refractivity contribution < 1.29 is 9.41 Å². The predicted octanol–water partition coefficient (Wildman–Crippen LogP) is 1.51. The van der Waals surface area contributed by atoms with Crippen LogP contribution in [-0.4, -0.2) is 27.0 Å². The summed E-state index contributed by atoms with van der Waals surface area (Å²) in [6, 6.07) is 7.27. The number of halogens is 2. The van der Waals surface area contributed by atoms with E-state index in [2.05, 4.69) is 9.97 Å². The van der Waals surface area contributed by atoms with Gasteiger partial charge in [-0.05, 0) is 5.56 Å². The summed E-state index contributed by atoms with van der Waals surface area (Å²) in [5.41, 5.74) is 2.13. The molecule has 2 heterocycles. The third-order valence-electron chi connectivity index (χ3n) is 3.04. The van der Waals surface area contributed by atoms with E-state index in [1.165, 1.54) is 12.5 Å². The lowest BCUT2D eigenvalue weighted by Gasteiger charge is -2.05. The van der Waals surface area contributed by atoms with Crippen molar-refractivity contribution in [2.75, 3.05) is 0 Å². The molecule has 1 radical (unpaired) electrons. The molecule has 0 spiro atoms. The van der Waals surface area contributed by atoms with Crippen molar-refractivity contribution in [1.29, 1.82) is 0 Å². The second kappa shape index (κ2) is 5.23. The van der Waals surface area contributed by atoms with Crippen LogP contribution in [0.25, 0.3) is 11.0 Å². The zero-order valence-electron chi connectivity index (χ0n) is 10.3. The second-order valence-electron chi connectivity index (χ2n) is 4.34. The van der Waals surface area contributed by atoms with Crippen LogP contribution in [-0.2, 0) is 6.54 Å². The molecule has 0 amide bonds. The molecule has 3 rings (SSSR count). The number of benzene rings is 1. The first kappa shape index (κ1) is 13.1. The van der Waals surface area contributed by atoms with E-state index >= 15 is 0 Å². The summed E-state index contributed by atoms with van der Waals surface area (Å²) in [5, 5.41) is 9.22. The van der Waals surface area contributed by atoms with Gasteiger partial charge in [0, 0.05) is 12.7 Å². The molecule has 2 aromatic heterocycles. The molecule has 0 aliphatic carbocycles. The lowest BCUT2D eigenvalue weighted by atomic mass is 9.88. The number of fused-ring (bicyclic) bond motifs is 1.